The fraction of sp³-hybridized carbons (Fsp3) is 0.400. The maximum absolute atomic E-state index is 6.04. The number of benzene rings is 2. The zero-order valence-corrected chi connectivity index (χ0v) is 13.9. The van der Waals surface area contributed by atoms with E-state index >= 15 is 0 Å². The van der Waals surface area contributed by atoms with Gasteiger partial charge in [0, 0.05) is 12.0 Å². The summed E-state index contributed by atoms with van der Waals surface area (Å²) in [7, 11) is 0. The van der Waals surface area contributed by atoms with Gasteiger partial charge in [-0.25, -0.2) is 0 Å². The first kappa shape index (κ1) is 16.6. The molecule has 0 aliphatic heterocycles. The first-order valence-corrected chi connectivity index (χ1v) is 8.01. The second-order valence-corrected chi connectivity index (χ2v) is 6.35. The van der Waals surface area contributed by atoms with Gasteiger partial charge in [0.25, 0.3) is 0 Å². The van der Waals surface area contributed by atoms with Crippen LogP contribution in [0.2, 0.25) is 0 Å². The van der Waals surface area contributed by atoms with Gasteiger partial charge in [-0.15, -0.1) is 0 Å². The minimum Gasteiger partial charge on any atom is -0.493 e. The first-order chi connectivity index (χ1) is 10.5. The lowest BCUT2D eigenvalue weighted by Gasteiger charge is -2.28. The molecule has 0 bridgehead atoms. The standard InChI is InChI=1S/C20H27NO/c1-16-10-11-17(2)19(14-16)22-13-7-12-20(3,15-21)18-8-5-4-6-9-18/h4-6,8-11,14H,7,12-13,15,21H2,1-3H3. The number of rotatable bonds is 7. The zero-order chi connectivity index (χ0) is 16.0. The molecule has 2 heteroatoms. The Morgan fingerprint density at radius 3 is 2.45 bits per heavy atom. The van der Waals surface area contributed by atoms with Crippen molar-refractivity contribution >= 4 is 0 Å². The summed E-state index contributed by atoms with van der Waals surface area (Å²) in [5, 5.41) is 0. The molecule has 0 aliphatic rings. The fourth-order valence-corrected chi connectivity index (χ4v) is 2.71. The van der Waals surface area contributed by atoms with Crippen molar-refractivity contribution < 1.29 is 4.74 Å². The third-order valence-electron chi connectivity index (χ3n) is 4.40. The van der Waals surface area contributed by atoms with Gasteiger partial charge in [-0.2, -0.15) is 0 Å². The van der Waals surface area contributed by atoms with Gasteiger partial charge in [0.05, 0.1) is 6.61 Å². The van der Waals surface area contributed by atoms with Crippen molar-refractivity contribution in [2.45, 2.75) is 39.0 Å². The molecule has 1 atom stereocenters. The van der Waals surface area contributed by atoms with Crippen LogP contribution in [0, 0.1) is 13.8 Å². The molecule has 22 heavy (non-hydrogen) atoms. The van der Waals surface area contributed by atoms with Gasteiger partial charge in [-0.1, -0.05) is 49.4 Å². The molecule has 2 nitrogen and oxygen atoms in total. The van der Waals surface area contributed by atoms with E-state index in [1.807, 2.05) is 6.07 Å². The molecule has 2 N–H and O–H groups in total. The minimum atomic E-state index is 0.0201. The van der Waals surface area contributed by atoms with Gasteiger partial charge >= 0.3 is 0 Å². The molecular weight excluding hydrogens is 270 g/mol. The van der Waals surface area contributed by atoms with Crippen molar-refractivity contribution in [1.29, 1.82) is 0 Å². The van der Waals surface area contributed by atoms with E-state index in [1.165, 1.54) is 16.7 Å². The summed E-state index contributed by atoms with van der Waals surface area (Å²) in [5.74, 6) is 0.995. The van der Waals surface area contributed by atoms with Crippen molar-refractivity contribution in [3.63, 3.8) is 0 Å². The van der Waals surface area contributed by atoms with Crippen LogP contribution in [-0.2, 0) is 5.41 Å². The Kier molecular flexibility index (Phi) is 5.62. The molecule has 0 amide bonds. The Morgan fingerprint density at radius 1 is 1.05 bits per heavy atom. The molecule has 2 aromatic carbocycles. The number of aryl methyl sites for hydroxylation is 2. The first-order valence-electron chi connectivity index (χ1n) is 8.01. The van der Waals surface area contributed by atoms with Gasteiger partial charge < -0.3 is 10.5 Å². The highest BCUT2D eigenvalue weighted by molar-refractivity contribution is 5.35. The molecule has 0 saturated heterocycles. The van der Waals surface area contributed by atoms with E-state index in [9.17, 15) is 0 Å². The summed E-state index contributed by atoms with van der Waals surface area (Å²) in [6.45, 7) is 7.80. The van der Waals surface area contributed by atoms with Crippen molar-refractivity contribution in [3.05, 3.63) is 65.2 Å². The summed E-state index contributed by atoms with van der Waals surface area (Å²) in [6, 6.07) is 16.9. The van der Waals surface area contributed by atoms with E-state index in [-0.39, 0.29) is 5.41 Å². The Labute approximate surface area is 134 Å². The molecule has 2 aromatic rings. The van der Waals surface area contributed by atoms with Crippen molar-refractivity contribution in [1.82, 2.24) is 0 Å². The molecule has 0 spiro atoms. The fourth-order valence-electron chi connectivity index (χ4n) is 2.71. The van der Waals surface area contributed by atoms with Crippen LogP contribution in [0.25, 0.3) is 0 Å². The molecule has 2 rings (SSSR count). The number of hydrogen-bond acceptors (Lipinski definition) is 2. The number of nitrogens with two attached hydrogens (primary N) is 1. The van der Waals surface area contributed by atoms with Gasteiger partial charge in [0.15, 0.2) is 0 Å². The third kappa shape index (κ3) is 4.11. The largest absolute Gasteiger partial charge is 0.493 e. The van der Waals surface area contributed by atoms with Crippen molar-refractivity contribution in [2.75, 3.05) is 13.2 Å². The van der Waals surface area contributed by atoms with Crippen LogP contribution < -0.4 is 10.5 Å². The van der Waals surface area contributed by atoms with Crippen molar-refractivity contribution in [3.8, 4) is 5.75 Å². The molecule has 0 aliphatic carbocycles. The van der Waals surface area contributed by atoms with Crippen LogP contribution in [0.15, 0.2) is 48.5 Å². The highest BCUT2D eigenvalue weighted by Gasteiger charge is 2.24. The van der Waals surface area contributed by atoms with Gasteiger partial charge in [-0.3, -0.25) is 0 Å². The minimum absolute atomic E-state index is 0.0201. The maximum atomic E-state index is 6.04. The average molecular weight is 297 g/mol. The molecule has 118 valence electrons. The lowest BCUT2D eigenvalue weighted by atomic mass is 9.79. The lowest BCUT2D eigenvalue weighted by Crippen LogP contribution is -2.32. The molecule has 0 radical (unpaired) electrons. The molecule has 0 saturated carbocycles. The summed E-state index contributed by atoms with van der Waals surface area (Å²) in [6.07, 6.45) is 2.02. The van der Waals surface area contributed by atoms with Gasteiger partial charge in [0.2, 0.25) is 0 Å². The highest BCUT2D eigenvalue weighted by atomic mass is 16.5. The van der Waals surface area contributed by atoms with E-state index in [0.29, 0.717) is 6.54 Å². The Hall–Kier alpha value is -1.80. The van der Waals surface area contributed by atoms with E-state index < -0.39 is 0 Å². The highest BCUT2D eigenvalue weighted by Crippen LogP contribution is 2.28. The topological polar surface area (TPSA) is 35.2 Å². The van der Waals surface area contributed by atoms with Gasteiger partial charge in [-0.05, 0) is 49.4 Å². The molecular formula is C20H27NO. The third-order valence-corrected chi connectivity index (χ3v) is 4.40. The molecule has 1 unspecified atom stereocenters. The predicted molar refractivity (Wildman–Crippen MR) is 93.5 cm³/mol. The normalized spacial score (nSPS) is 13.6. The second kappa shape index (κ2) is 7.46. The van der Waals surface area contributed by atoms with Crippen LogP contribution in [0.5, 0.6) is 5.75 Å². The summed E-state index contributed by atoms with van der Waals surface area (Å²) in [4.78, 5) is 0. The Balaban J connectivity index is 1.91. The Morgan fingerprint density at radius 2 is 1.77 bits per heavy atom. The van der Waals surface area contributed by atoms with E-state index in [4.69, 9.17) is 10.5 Å². The average Bonchev–Trinajstić information content (AvgIpc) is 2.55. The van der Waals surface area contributed by atoms with E-state index in [0.717, 1.165) is 25.2 Å². The lowest BCUT2D eigenvalue weighted by molar-refractivity contribution is 0.284. The molecule has 0 fully saturated rings. The van der Waals surface area contributed by atoms with Gasteiger partial charge in [0.1, 0.15) is 5.75 Å². The smallest absolute Gasteiger partial charge is 0.122 e. The quantitative estimate of drug-likeness (QED) is 0.770. The Bertz CT molecular complexity index is 594. The second-order valence-electron chi connectivity index (χ2n) is 6.35. The zero-order valence-electron chi connectivity index (χ0n) is 13.9. The monoisotopic (exact) mass is 297 g/mol. The maximum Gasteiger partial charge on any atom is 0.122 e. The summed E-state index contributed by atoms with van der Waals surface area (Å²) >= 11 is 0. The molecule has 0 heterocycles. The summed E-state index contributed by atoms with van der Waals surface area (Å²) in [5.41, 5.74) is 9.79. The number of ether oxygens (including phenoxy) is 1. The van der Waals surface area contributed by atoms with Crippen LogP contribution in [-0.4, -0.2) is 13.2 Å². The van der Waals surface area contributed by atoms with Crippen LogP contribution in [0.4, 0.5) is 0 Å². The predicted octanol–water partition coefficient (Wildman–Crippen LogP) is 4.38. The SMILES string of the molecule is Cc1ccc(C)c(OCCCC(C)(CN)c2ccccc2)c1. The van der Waals surface area contributed by atoms with Crippen LogP contribution in [0.3, 0.4) is 0 Å². The number of hydrogen-bond donors (Lipinski definition) is 1. The van der Waals surface area contributed by atoms with E-state index in [2.05, 4.69) is 63.2 Å². The van der Waals surface area contributed by atoms with Crippen LogP contribution >= 0.6 is 0 Å². The van der Waals surface area contributed by atoms with Crippen LogP contribution in [0.1, 0.15) is 36.5 Å². The summed E-state index contributed by atoms with van der Waals surface area (Å²) < 4.78 is 5.95. The van der Waals surface area contributed by atoms with E-state index in [1.54, 1.807) is 0 Å². The van der Waals surface area contributed by atoms with Crippen molar-refractivity contribution in [2.24, 2.45) is 5.73 Å². The molecule has 0 aromatic heterocycles.